The quantitative estimate of drug-likeness (QED) is 0.913. The Morgan fingerprint density at radius 2 is 2.30 bits per heavy atom. The molecule has 2 aliphatic rings. The first kappa shape index (κ1) is 13.8. The van der Waals surface area contributed by atoms with E-state index in [1.54, 1.807) is 13.4 Å². The maximum Gasteiger partial charge on any atom is 0.216 e. The SMILES string of the molecule is CNC(c1cc(OC)ncn1)C1CCOC2(CCC2)C1. The Morgan fingerprint density at radius 3 is 2.95 bits per heavy atom. The Labute approximate surface area is 120 Å². The van der Waals surface area contributed by atoms with Gasteiger partial charge in [-0.2, -0.15) is 0 Å². The van der Waals surface area contributed by atoms with Gasteiger partial charge in [-0.15, -0.1) is 0 Å². The highest BCUT2D eigenvalue weighted by Crippen LogP contribution is 2.46. The van der Waals surface area contributed by atoms with Crippen molar-refractivity contribution in [3.63, 3.8) is 0 Å². The van der Waals surface area contributed by atoms with Gasteiger partial charge in [0.05, 0.1) is 24.4 Å². The predicted molar refractivity (Wildman–Crippen MR) is 75.6 cm³/mol. The molecule has 2 atom stereocenters. The van der Waals surface area contributed by atoms with Crippen LogP contribution in [0, 0.1) is 5.92 Å². The fraction of sp³-hybridized carbons (Fsp3) is 0.733. The van der Waals surface area contributed by atoms with Crippen LogP contribution >= 0.6 is 0 Å². The Balaban J connectivity index is 1.78. The fourth-order valence-electron chi connectivity index (χ4n) is 3.53. The molecule has 0 bridgehead atoms. The number of nitrogens with zero attached hydrogens (tertiary/aromatic N) is 2. The van der Waals surface area contributed by atoms with Crippen molar-refractivity contribution in [1.29, 1.82) is 0 Å². The first-order valence-electron chi connectivity index (χ1n) is 7.43. The standard InChI is InChI=1S/C15H23N3O2/c1-16-14(12-8-13(19-2)18-10-17-12)11-4-7-20-15(9-11)5-3-6-15/h8,10-11,14,16H,3-7,9H2,1-2H3. The van der Waals surface area contributed by atoms with Crippen LogP contribution in [0.15, 0.2) is 12.4 Å². The largest absolute Gasteiger partial charge is 0.481 e. The first-order valence-corrected chi connectivity index (χ1v) is 7.43. The van der Waals surface area contributed by atoms with E-state index in [1.165, 1.54) is 19.3 Å². The van der Waals surface area contributed by atoms with Crippen LogP contribution in [-0.2, 0) is 4.74 Å². The van der Waals surface area contributed by atoms with Gasteiger partial charge in [0.1, 0.15) is 6.33 Å². The molecule has 2 fully saturated rings. The number of methoxy groups -OCH3 is 1. The molecule has 0 aromatic carbocycles. The third-order valence-corrected chi connectivity index (χ3v) is 4.77. The van der Waals surface area contributed by atoms with Crippen LogP contribution in [0.3, 0.4) is 0 Å². The number of aromatic nitrogens is 2. The minimum absolute atomic E-state index is 0.162. The fourth-order valence-corrected chi connectivity index (χ4v) is 3.53. The summed E-state index contributed by atoms with van der Waals surface area (Å²) in [5.74, 6) is 1.19. The van der Waals surface area contributed by atoms with Crippen molar-refractivity contribution in [2.45, 2.75) is 43.7 Å². The molecular weight excluding hydrogens is 254 g/mol. The lowest BCUT2D eigenvalue weighted by atomic mass is 9.70. The molecule has 0 radical (unpaired) electrons. The zero-order chi connectivity index (χ0) is 14.0. The summed E-state index contributed by atoms with van der Waals surface area (Å²) in [5, 5.41) is 3.42. The monoisotopic (exact) mass is 277 g/mol. The highest BCUT2D eigenvalue weighted by atomic mass is 16.5. The topological polar surface area (TPSA) is 56.3 Å². The van der Waals surface area contributed by atoms with Crippen LogP contribution in [0.4, 0.5) is 0 Å². The summed E-state index contributed by atoms with van der Waals surface area (Å²) in [6, 6.07) is 2.18. The molecule has 1 aliphatic carbocycles. The molecular formula is C15H23N3O2. The molecule has 0 amide bonds. The van der Waals surface area contributed by atoms with E-state index in [-0.39, 0.29) is 11.6 Å². The molecule has 1 aromatic heterocycles. The third kappa shape index (κ3) is 2.52. The molecule has 2 heterocycles. The predicted octanol–water partition coefficient (Wildman–Crippen LogP) is 2.09. The molecule has 1 saturated carbocycles. The Kier molecular flexibility index (Phi) is 3.89. The van der Waals surface area contributed by atoms with E-state index in [9.17, 15) is 0 Å². The van der Waals surface area contributed by atoms with Gasteiger partial charge in [0.25, 0.3) is 0 Å². The molecule has 1 aliphatic heterocycles. The zero-order valence-electron chi connectivity index (χ0n) is 12.3. The van der Waals surface area contributed by atoms with Crippen molar-refractivity contribution in [3.8, 4) is 5.88 Å². The van der Waals surface area contributed by atoms with E-state index in [1.807, 2.05) is 13.1 Å². The number of hydrogen-bond acceptors (Lipinski definition) is 5. The van der Waals surface area contributed by atoms with Gasteiger partial charge in [0.15, 0.2) is 0 Å². The van der Waals surface area contributed by atoms with Gasteiger partial charge in [-0.1, -0.05) is 0 Å². The second kappa shape index (κ2) is 5.66. The van der Waals surface area contributed by atoms with E-state index in [0.29, 0.717) is 11.8 Å². The summed E-state index contributed by atoms with van der Waals surface area (Å²) in [7, 11) is 3.64. The average Bonchev–Trinajstić information content (AvgIpc) is 2.47. The number of nitrogens with one attached hydrogen (secondary N) is 1. The Morgan fingerprint density at radius 1 is 1.45 bits per heavy atom. The second-order valence-electron chi connectivity index (χ2n) is 5.89. The maximum atomic E-state index is 6.02. The smallest absolute Gasteiger partial charge is 0.216 e. The summed E-state index contributed by atoms with van der Waals surface area (Å²) >= 11 is 0. The number of rotatable bonds is 4. The van der Waals surface area contributed by atoms with E-state index < -0.39 is 0 Å². The number of hydrogen-bond donors (Lipinski definition) is 1. The Bertz CT molecular complexity index is 462. The lowest BCUT2D eigenvalue weighted by Crippen LogP contribution is -2.47. The molecule has 3 rings (SSSR count). The van der Waals surface area contributed by atoms with Gasteiger partial charge < -0.3 is 14.8 Å². The summed E-state index contributed by atoms with van der Waals surface area (Å²) in [6.07, 6.45) is 7.53. The third-order valence-electron chi connectivity index (χ3n) is 4.77. The average molecular weight is 277 g/mol. The lowest BCUT2D eigenvalue weighted by Gasteiger charge is -2.48. The van der Waals surface area contributed by atoms with Gasteiger partial charge in [-0.05, 0) is 45.1 Å². The van der Waals surface area contributed by atoms with E-state index in [4.69, 9.17) is 9.47 Å². The molecule has 5 heteroatoms. The van der Waals surface area contributed by atoms with Crippen molar-refractivity contribution < 1.29 is 9.47 Å². The van der Waals surface area contributed by atoms with Crippen LogP contribution in [0.2, 0.25) is 0 Å². The molecule has 2 unspecified atom stereocenters. The molecule has 1 saturated heterocycles. The van der Waals surface area contributed by atoms with E-state index in [0.717, 1.165) is 25.1 Å². The van der Waals surface area contributed by atoms with Gasteiger partial charge in [0.2, 0.25) is 5.88 Å². The Hall–Kier alpha value is -1.20. The van der Waals surface area contributed by atoms with Crippen LogP contribution in [0.5, 0.6) is 5.88 Å². The van der Waals surface area contributed by atoms with Crippen molar-refractivity contribution in [2.75, 3.05) is 20.8 Å². The zero-order valence-corrected chi connectivity index (χ0v) is 12.3. The van der Waals surface area contributed by atoms with Crippen molar-refractivity contribution in [3.05, 3.63) is 18.1 Å². The molecule has 1 aromatic rings. The second-order valence-corrected chi connectivity index (χ2v) is 5.89. The van der Waals surface area contributed by atoms with Gasteiger partial charge in [-0.25, -0.2) is 9.97 Å². The van der Waals surface area contributed by atoms with Crippen molar-refractivity contribution in [2.24, 2.45) is 5.92 Å². The van der Waals surface area contributed by atoms with Gasteiger partial charge in [0, 0.05) is 12.7 Å². The summed E-state index contributed by atoms with van der Waals surface area (Å²) in [5.41, 5.74) is 1.18. The van der Waals surface area contributed by atoms with Crippen molar-refractivity contribution >= 4 is 0 Å². The minimum Gasteiger partial charge on any atom is -0.481 e. The minimum atomic E-state index is 0.162. The number of ether oxygens (including phenoxy) is 2. The highest BCUT2D eigenvalue weighted by molar-refractivity contribution is 5.18. The summed E-state index contributed by atoms with van der Waals surface area (Å²) in [6.45, 7) is 0.866. The normalized spacial score (nSPS) is 26.0. The van der Waals surface area contributed by atoms with Crippen LogP contribution in [0.25, 0.3) is 0 Å². The first-order chi connectivity index (χ1) is 9.76. The van der Waals surface area contributed by atoms with E-state index >= 15 is 0 Å². The summed E-state index contributed by atoms with van der Waals surface area (Å²) < 4.78 is 11.2. The molecule has 20 heavy (non-hydrogen) atoms. The molecule has 110 valence electrons. The molecule has 1 spiro atoms. The summed E-state index contributed by atoms with van der Waals surface area (Å²) in [4.78, 5) is 8.52. The van der Waals surface area contributed by atoms with Crippen molar-refractivity contribution in [1.82, 2.24) is 15.3 Å². The van der Waals surface area contributed by atoms with Crippen LogP contribution in [0.1, 0.15) is 43.8 Å². The van der Waals surface area contributed by atoms with Gasteiger partial charge in [-0.3, -0.25) is 0 Å². The van der Waals surface area contributed by atoms with Gasteiger partial charge >= 0.3 is 0 Å². The van der Waals surface area contributed by atoms with Crippen LogP contribution < -0.4 is 10.1 Å². The van der Waals surface area contributed by atoms with Crippen LogP contribution in [-0.4, -0.2) is 36.3 Å². The highest BCUT2D eigenvalue weighted by Gasteiger charge is 2.44. The lowest BCUT2D eigenvalue weighted by molar-refractivity contribution is -0.147. The van der Waals surface area contributed by atoms with E-state index in [2.05, 4.69) is 15.3 Å². The molecule has 5 nitrogen and oxygen atoms in total. The molecule has 1 N–H and O–H groups in total. The maximum absolute atomic E-state index is 6.02.